The molecule has 0 saturated heterocycles. The molecule has 0 bridgehead atoms. The quantitative estimate of drug-likeness (QED) is 0.866. The van der Waals surface area contributed by atoms with Crippen molar-refractivity contribution < 1.29 is 9.21 Å². The van der Waals surface area contributed by atoms with Gasteiger partial charge in [0.2, 0.25) is 0 Å². The minimum Gasteiger partial charge on any atom is -0.472 e. The standard InChI is InChI=1S/C16H22N4O2/c1-12(2)18(3)9-14-8-17-15-10-19(5-6-20(14)15)16(21)13-4-7-22-11-13/h4,7-8,11-12H,5-6,9-10H2,1-3H3. The van der Waals surface area contributed by atoms with Crippen LogP contribution in [-0.4, -0.2) is 44.9 Å². The third kappa shape index (κ3) is 2.78. The van der Waals surface area contributed by atoms with Gasteiger partial charge in [0.15, 0.2) is 0 Å². The molecule has 0 radical (unpaired) electrons. The monoisotopic (exact) mass is 302 g/mol. The Morgan fingerprint density at radius 2 is 2.27 bits per heavy atom. The van der Waals surface area contributed by atoms with Gasteiger partial charge in [-0.3, -0.25) is 9.69 Å². The first-order valence-corrected chi connectivity index (χ1v) is 7.61. The summed E-state index contributed by atoms with van der Waals surface area (Å²) in [4.78, 5) is 21.0. The fraction of sp³-hybridized carbons (Fsp3) is 0.500. The van der Waals surface area contributed by atoms with E-state index in [1.807, 2.05) is 11.1 Å². The maximum absolute atomic E-state index is 12.4. The molecule has 1 aliphatic heterocycles. The van der Waals surface area contributed by atoms with Gasteiger partial charge < -0.3 is 13.9 Å². The van der Waals surface area contributed by atoms with Crippen molar-refractivity contribution in [2.45, 2.75) is 39.5 Å². The van der Waals surface area contributed by atoms with E-state index < -0.39 is 0 Å². The molecule has 118 valence electrons. The lowest BCUT2D eigenvalue weighted by Crippen LogP contribution is -2.39. The van der Waals surface area contributed by atoms with E-state index in [2.05, 4.69) is 35.3 Å². The van der Waals surface area contributed by atoms with Gasteiger partial charge in [-0.05, 0) is 27.0 Å². The van der Waals surface area contributed by atoms with Crippen LogP contribution in [0.25, 0.3) is 0 Å². The van der Waals surface area contributed by atoms with Crippen LogP contribution in [0, 0.1) is 0 Å². The summed E-state index contributed by atoms with van der Waals surface area (Å²) < 4.78 is 7.23. The van der Waals surface area contributed by atoms with Gasteiger partial charge in [0, 0.05) is 31.9 Å². The van der Waals surface area contributed by atoms with Crippen molar-refractivity contribution in [2.75, 3.05) is 13.6 Å². The molecule has 1 aliphatic rings. The van der Waals surface area contributed by atoms with Crippen LogP contribution in [0.3, 0.4) is 0 Å². The van der Waals surface area contributed by atoms with E-state index in [1.165, 1.54) is 18.2 Å². The maximum Gasteiger partial charge on any atom is 0.257 e. The van der Waals surface area contributed by atoms with Crippen LogP contribution in [0.5, 0.6) is 0 Å². The van der Waals surface area contributed by atoms with E-state index in [9.17, 15) is 4.79 Å². The Morgan fingerprint density at radius 1 is 1.45 bits per heavy atom. The minimum absolute atomic E-state index is 0.00356. The van der Waals surface area contributed by atoms with Gasteiger partial charge in [-0.2, -0.15) is 0 Å². The van der Waals surface area contributed by atoms with Crippen molar-refractivity contribution in [3.63, 3.8) is 0 Å². The second kappa shape index (κ2) is 5.96. The third-order valence-corrected chi connectivity index (χ3v) is 4.29. The molecule has 0 unspecified atom stereocenters. The summed E-state index contributed by atoms with van der Waals surface area (Å²) in [5.74, 6) is 0.957. The maximum atomic E-state index is 12.4. The number of imidazole rings is 1. The summed E-state index contributed by atoms with van der Waals surface area (Å²) >= 11 is 0. The summed E-state index contributed by atoms with van der Waals surface area (Å²) in [6, 6.07) is 2.20. The molecule has 0 saturated carbocycles. The summed E-state index contributed by atoms with van der Waals surface area (Å²) in [5.41, 5.74) is 1.81. The molecule has 22 heavy (non-hydrogen) atoms. The zero-order chi connectivity index (χ0) is 15.7. The van der Waals surface area contributed by atoms with E-state index in [4.69, 9.17) is 4.42 Å². The lowest BCUT2D eigenvalue weighted by molar-refractivity contribution is 0.0704. The second-order valence-electron chi connectivity index (χ2n) is 6.06. The molecule has 3 heterocycles. The van der Waals surface area contributed by atoms with E-state index >= 15 is 0 Å². The zero-order valence-electron chi connectivity index (χ0n) is 13.3. The van der Waals surface area contributed by atoms with E-state index in [1.54, 1.807) is 6.07 Å². The number of hydrogen-bond acceptors (Lipinski definition) is 4. The molecule has 0 aromatic carbocycles. The highest BCUT2D eigenvalue weighted by atomic mass is 16.3. The molecular formula is C16H22N4O2. The van der Waals surface area contributed by atoms with Gasteiger partial charge in [0.25, 0.3) is 5.91 Å². The number of hydrogen-bond donors (Lipinski definition) is 0. The molecule has 0 spiro atoms. The topological polar surface area (TPSA) is 54.5 Å². The van der Waals surface area contributed by atoms with Crippen molar-refractivity contribution >= 4 is 5.91 Å². The number of nitrogens with zero attached hydrogens (tertiary/aromatic N) is 4. The number of furan rings is 1. The normalized spacial score (nSPS) is 14.7. The largest absolute Gasteiger partial charge is 0.472 e. The lowest BCUT2D eigenvalue weighted by Gasteiger charge is -2.29. The van der Waals surface area contributed by atoms with Crippen molar-refractivity contribution in [1.82, 2.24) is 19.4 Å². The molecule has 0 atom stereocenters. The molecule has 2 aromatic heterocycles. The highest BCUT2D eigenvalue weighted by Gasteiger charge is 2.25. The highest BCUT2D eigenvalue weighted by Crippen LogP contribution is 2.18. The average Bonchev–Trinajstić information content (AvgIpc) is 3.16. The highest BCUT2D eigenvalue weighted by molar-refractivity contribution is 5.93. The van der Waals surface area contributed by atoms with Crippen molar-refractivity contribution in [3.05, 3.63) is 41.9 Å². The van der Waals surface area contributed by atoms with Gasteiger partial charge >= 0.3 is 0 Å². The molecule has 6 heteroatoms. The number of carbonyl (C=O) groups excluding carboxylic acids is 1. The van der Waals surface area contributed by atoms with Gasteiger partial charge in [-0.25, -0.2) is 4.98 Å². The number of aromatic nitrogens is 2. The molecule has 2 aromatic rings. The summed E-state index contributed by atoms with van der Waals surface area (Å²) in [5, 5.41) is 0. The SMILES string of the molecule is CC(C)N(C)Cc1cnc2n1CCN(C(=O)c1ccoc1)C2. The number of carbonyl (C=O) groups is 1. The molecule has 6 nitrogen and oxygen atoms in total. The third-order valence-electron chi connectivity index (χ3n) is 4.29. The predicted molar refractivity (Wildman–Crippen MR) is 82.3 cm³/mol. The predicted octanol–water partition coefficient (Wildman–Crippen LogP) is 1.97. The van der Waals surface area contributed by atoms with Gasteiger partial charge in [0.1, 0.15) is 12.1 Å². The van der Waals surface area contributed by atoms with E-state index in [0.717, 1.165) is 18.9 Å². The molecule has 0 fully saturated rings. The van der Waals surface area contributed by atoms with Crippen LogP contribution in [0.2, 0.25) is 0 Å². The Morgan fingerprint density at radius 3 is 2.95 bits per heavy atom. The van der Waals surface area contributed by atoms with Crippen molar-refractivity contribution in [1.29, 1.82) is 0 Å². The fourth-order valence-corrected chi connectivity index (χ4v) is 2.63. The fourth-order valence-electron chi connectivity index (χ4n) is 2.63. The van der Waals surface area contributed by atoms with Crippen LogP contribution in [0.15, 0.2) is 29.2 Å². The Balaban J connectivity index is 1.72. The average molecular weight is 302 g/mol. The zero-order valence-corrected chi connectivity index (χ0v) is 13.3. The Bertz CT molecular complexity index is 645. The van der Waals surface area contributed by atoms with Gasteiger partial charge in [-0.15, -0.1) is 0 Å². The first-order chi connectivity index (χ1) is 10.6. The van der Waals surface area contributed by atoms with Crippen LogP contribution in [-0.2, 0) is 19.6 Å². The van der Waals surface area contributed by atoms with Crippen LogP contribution in [0.1, 0.15) is 35.7 Å². The van der Waals surface area contributed by atoms with Crippen LogP contribution in [0.4, 0.5) is 0 Å². The van der Waals surface area contributed by atoms with Crippen molar-refractivity contribution in [3.8, 4) is 0 Å². The van der Waals surface area contributed by atoms with E-state index in [-0.39, 0.29) is 5.91 Å². The lowest BCUT2D eigenvalue weighted by atomic mass is 10.2. The summed E-state index contributed by atoms with van der Waals surface area (Å²) in [7, 11) is 2.11. The molecule has 3 rings (SSSR count). The molecule has 1 amide bonds. The first-order valence-electron chi connectivity index (χ1n) is 7.61. The molecule has 0 aliphatic carbocycles. The summed E-state index contributed by atoms with van der Waals surface area (Å²) in [6.45, 7) is 7.28. The number of fused-ring (bicyclic) bond motifs is 1. The number of rotatable bonds is 4. The Kier molecular flexibility index (Phi) is 4.02. The number of amides is 1. The van der Waals surface area contributed by atoms with Crippen LogP contribution < -0.4 is 0 Å². The minimum atomic E-state index is 0.00356. The first kappa shape index (κ1) is 14.8. The summed E-state index contributed by atoms with van der Waals surface area (Å²) in [6.07, 6.45) is 4.95. The van der Waals surface area contributed by atoms with E-state index in [0.29, 0.717) is 24.7 Å². The van der Waals surface area contributed by atoms with Crippen molar-refractivity contribution in [2.24, 2.45) is 0 Å². The smallest absolute Gasteiger partial charge is 0.257 e. The Hall–Kier alpha value is -2.08. The molecule has 0 N–H and O–H groups in total. The second-order valence-corrected chi connectivity index (χ2v) is 6.06. The Labute approximate surface area is 130 Å². The van der Waals surface area contributed by atoms with Gasteiger partial charge in [0.05, 0.1) is 24.1 Å². The molecular weight excluding hydrogens is 280 g/mol. The van der Waals surface area contributed by atoms with Gasteiger partial charge in [-0.1, -0.05) is 0 Å². The van der Waals surface area contributed by atoms with Crippen LogP contribution >= 0.6 is 0 Å².